The van der Waals surface area contributed by atoms with E-state index in [1.807, 2.05) is 6.07 Å². The van der Waals surface area contributed by atoms with Crippen LogP contribution in [0.4, 0.5) is 17.6 Å². The van der Waals surface area contributed by atoms with E-state index in [0.29, 0.717) is 23.0 Å². The Labute approximate surface area is 169 Å². The average Bonchev–Trinajstić information content (AvgIpc) is 2.67. The van der Waals surface area contributed by atoms with Crippen molar-refractivity contribution in [2.45, 2.75) is 64.1 Å². The highest BCUT2D eigenvalue weighted by Crippen LogP contribution is 2.48. The lowest BCUT2D eigenvalue weighted by Gasteiger charge is -2.41. The van der Waals surface area contributed by atoms with Gasteiger partial charge in [-0.05, 0) is 90.8 Å². The summed E-state index contributed by atoms with van der Waals surface area (Å²) in [6.45, 7) is 2.24. The molecule has 0 bridgehead atoms. The van der Waals surface area contributed by atoms with Gasteiger partial charge in [0.25, 0.3) is 0 Å². The molecule has 0 radical (unpaired) electrons. The van der Waals surface area contributed by atoms with Crippen LogP contribution in [0.2, 0.25) is 0 Å². The van der Waals surface area contributed by atoms with Crippen LogP contribution in [0.25, 0.3) is 11.1 Å². The van der Waals surface area contributed by atoms with E-state index in [1.54, 1.807) is 6.07 Å². The molecule has 0 spiro atoms. The predicted octanol–water partition coefficient (Wildman–Crippen LogP) is 7.64. The molecule has 2 aliphatic rings. The molecule has 0 saturated heterocycles. The van der Waals surface area contributed by atoms with E-state index >= 15 is 0 Å². The molecule has 2 aromatic carbocycles. The van der Waals surface area contributed by atoms with Gasteiger partial charge < -0.3 is 4.74 Å². The van der Waals surface area contributed by atoms with Crippen LogP contribution in [0, 0.1) is 17.7 Å². The lowest BCUT2D eigenvalue weighted by molar-refractivity contribution is -0.274. The van der Waals surface area contributed by atoms with E-state index in [-0.39, 0.29) is 11.6 Å². The fourth-order valence-corrected chi connectivity index (χ4v) is 5.35. The maximum Gasteiger partial charge on any atom is 0.573 e. The number of halogens is 4. The van der Waals surface area contributed by atoms with Crippen molar-refractivity contribution in [3.63, 3.8) is 0 Å². The fourth-order valence-electron chi connectivity index (χ4n) is 5.35. The van der Waals surface area contributed by atoms with E-state index < -0.39 is 6.36 Å². The van der Waals surface area contributed by atoms with Crippen molar-refractivity contribution in [2.24, 2.45) is 11.8 Å². The number of hydrogen-bond donors (Lipinski definition) is 0. The van der Waals surface area contributed by atoms with Crippen LogP contribution in [0.1, 0.15) is 62.5 Å². The van der Waals surface area contributed by atoms with Crippen LogP contribution >= 0.6 is 0 Å². The Bertz CT molecular complexity index is 856. The normalized spacial score (nSPS) is 24.0. The first-order valence-electron chi connectivity index (χ1n) is 10.5. The molecule has 1 fully saturated rings. The summed E-state index contributed by atoms with van der Waals surface area (Å²) in [6, 6.07) is 9.00. The van der Waals surface area contributed by atoms with Crippen molar-refractivity contribution in [3.05, 3.63) is 53.3 Å². The third kappa shape index (κ3) is 4.44. The molecular weight excluding hydrogens is 380 g/mol. The summed E-state index contributed by atoms with van der Waals surface area (Å²) in [4.78, 5) is 0. The smallest absolute Gasteiger partial charge is 0.406 e. The molecule has 1 nitrogen and oxygen atoms in total. The molecule has 5 heteroatoms. The van der Waals surface area contributed by atoms with Gasteiger partial charge in [-0.15, -0.1) is 13.2 Å². The summed E-state index contributed by atoms with van der Waals surface area (Å²) in [5.41, 5.74) is 3.34. The van der Waals surface area contributed by atoms with Crippen LogP contribution in [0.15, 0.2) is 36.4 Å². The monoisotopic (exact) mass is 406 g/mol. The summed E-state index contributed by atoms with van der Waals surface area (Å²) < 4.78 is 55.9. The Hall–Kier alpha value is -2.04. The number of aryl methyl sites for hydroxylation is 1. The minimum atomic E-state index is -4.73. The molecule has 2 aromatic rings. The van der Waals surface area contributed by atoms with Gasteiger partial charge in [-0.3, -0.25) is 0 Å². The second-order valence-corrected chi connectivity index (χ2v) is 8.48. The van der Waals surface area contributed by atoms with Gasteiger partial charge in [0.2, 0.25) is 0 Å². The summed E-state index contributed by atoms with van der Waals surface area (Å²) in [5, 5.41) is 0. The zero-order valence-corrected chi connectivity index (χ0v) is 16.6. The van der Waals surface area contributed by atoms with Gasteiger partial charge in [0.1, 0.15) is 11.6 Å². The van der Waals surface area contributed by atoms with E-state index in [1.165, 1.54) is 55.5 Å². The van der Waals surface area contributed by atoms with Crippen molar-refractivity contribution in [1.82, 2.24) is 0 Å². The molecule has 3 unspecified atom stereocenters. The highest BCUT2D eigenvalue weighted by molar-refractivity contribution is 5.67. The first-order valence-corrected chi connectivity index (χ1v) is 10.5. The molecule has 1 saturated carbocycles. The van der Waals surface area contributed by atoms with Gasteiger partial charge in [0.05, 0.1) is 0 Å². The topological polar surface area (TPSA) is 9.23 Å². The Balaban J connectivity index is 1.57. The van der Waals surface area contributed by atoms with E-state index in [2.05, 4.69) is 11.7 Å². The highest BCUT2D eigenvalue weighted by atomic mass is 19.4. The molecule has 3 atom stereocenters. The Morgan fingerprint density at radius 3 is 2.48 bits per heavy atom. The molecular formula is C24H26F4O. The summed E-state index contributed by atoms with van der Waals surface area (Å²) in [6.07, 6.45) is 3.47. The lowest BCUT2D eigenvalue weighted by atomic mass is 9.64. The zero-order valence-electron chi connectivity index (χ0n) is 16.6. The lowest BCUT2D eigenvalue weighted by Crippen LogP contribution is -2.28. The van der Waals surface area contributed by atoms with Gasteiger partial charge >= 0.3 is 6.36 Å². The van der Waals surface area contributed by atoms with Crippen molar-refractivity contribution in [2.75, 3.05) is 0 Å². The average molecular weight is 406 g/mol. The van der Waals surface area contributed by atoms with Gasteiger partial charge in [0, 0.05) is 5.56 Å². The zero-order chi connectivity index (χ0) is 20.6. The summed E-state index contributed by atoms with van der Waals surface area (Å²) in [5.74, 6) is 1.30. The molecule has 4 rings (SSSR count). The SMILES string of the molecule is CCCC1CCC2c3cc(F)c(-c4ccc(OC(F)(F)F)cc4)cc3CCC2C1. The molecule has 0 aromatic heterocycles. The number of fused-ring (bicyclic) bond motifs is 3. The third-order valence-electron chi connectivity index (χ3n) is 6.60. The molecule has 156 valence electrons. The van der Waals surface area contributed by atoms with Gasteiger partial charge in [0.15, 0.2) is 0 Å². The fraction of sp³-hybridized carbons (Fsp3) is 0.500. The van der Waals surface area contributed by atoms with E-state index in [0.717, 1.165) is 30.7 Å². The molecule has 0 aliphatic heterocycles. The van der Waals surface area contributed by atoms with Crippen molar-refractivity contribution in [1.29, 1.82) is 0 Å². The third-order valence-corrected chi connectivity index (χ3v) is 6.60. The number of hydrogen-bond acceptors (Lipinski definition) is 1. The van der Waals surface area contributed by atoms with Crippen LogP contribution in [0.5, 0.6) is 5.75 Å². The van der Waals surface area contributed by atoms with Gasteiger partial charge in [-0.25, -0.2) is 4.39 Å². The number of rotatable bonds is 4. The number of alkyl halides is 3. The first-order chi connectivity index (χ1) is 13.8. The molecule has 0 heterocycles. The Kier molecular flexibility index (Phi) is 5.58. The Morgan fingerprint density at radius 2 is 1.79 bits per heavy atom. The summed E-state index contributed by atoms with van der Waals surface area (Å²) in [7, 11) is 0. The van der Waals surface area contributed by atoms with Crippen LogP contribution in [0.3, 0.4) is 0 Å². The minimum absolute atomic E-state index is 0.300. The predicted molar refractivity (Wildman–Crippen MR) is 105 cm³/mol. The van der Waals surface area contributed by atoms with Crippen LogP contribution < -0.4 is 4.74 Å². The first kappa shape index (κ1) is 20.2. The molecule has 2 aliphatic carbocycles. The number of ether oxygens (including phenoxy) is 1. The maximum absolute atomic E-state index is 15.0. The quantitative estimate of drug-likeness (QED) is 0.474. The summed E-state index contributed by atoms with van der Waals surface area (Å²) >= 11 is 0. The second-order valence-electron chi connectivity index (χ2n) is 8.48. The van der Waals surface area contributed by atoms with E-state index in [4.69, 9.17) is 0 Å². The minimum Gasteiger partial charge on any atom is -0.406 e. The van der Waals surface area contributed by atoms with Crippen LogP contribution in [-0.4, -0.2) is 6.36 Å². The van der Waals surface area contributed by atoms with Gasteiger partial charge in [-0.1, -0.05) is 31.9 Å². The highest BCUT2D eigenvalue weighted by Gasteiger charge is 2.35. The molecule has 29 heavy (non-hydrogen) atoms. The Morgan fingerprint density at radius 1 is 1.03 bits per heavy atom. The maximum atomic E-state index is 15.0. The van der Waals surface area contributed by atoms with Crippen molar-refractivity contribution >= 4 is 0 Å². The van der Waals surface area contributed by atoms with Crippen molar-refractivity contribution < 1.29 is 22.3 Å². The largest absolute Gasteiger partial charge is 0.573 e. The molecule has 0 N–H and O–H groups in total. The standard InChI is InChI=1S/C24H26F4O/c1-2-3-15-4-11-20-17(12-15)5-6-18-13-22(23(25)14-21(18)20)16-7-9-19(10-8-16)29-24(26,27)28/h7-10,13-15,17,20H,2-6,11-12H2,1H3. The van der Waals surface area contributed by atoms with Crippen molar-refractivity contribution in [3.8, 4) is 16.9 Å². The second kappa shape index (κ2) is 8.00. The van der Waals surface area contributed by atoms with E-state index in [9.17, 15) is 17.6 Å². The number of benzene rings is 2. The van der Waals surface area contributed by atoms with Gasteiger partial charge in [-0.2, -0.15) is 0 Å². The molecule has 0 amide bonds. The van der Waals surface area contributed by atoms with Crippen LogP contribution in [-0.2, 0) is 6.42 Å².